The van der Waals surface area contributed by atoms with E-state index in [1.54, 1.807) is 24.8 Å². The third kappa shape index (κ3) is 1.43. The molecule has 0 aliphatic heterocycles. The molecular weight excluding hydrogens is 276 g/mol. The Kier molecular flexibility index (Phi) is 2.13. The van der Waals surface area contributed by atoms with Gasteiger partial charge in [-0.15, -0.1) is 0 Å². The molecule has 22 heavy (non-hydrogen) atoms. The third-order valence-electron chi connectivity index (χ3n) is 3.79. The highest BCUT2D eigenvalue weighted by atomic mass is 15.0. The Morgan fingerprint density at radius 2 is 1.50 bits per heavy atom. The number of pyridine rings is 2. The normalized spacial score (nSPS) is 11.6. The first-order valence-electron chi connectivity index (χ1n) is 6.93. The SMILES string of the molecule is c1cnc2c(c1)c1nc(-c3ncc[nH]3)[nH]c1c1cccnc12. The van der Waals surface area contributed by atoms with Gasteiger partial charge in [0.05, 0.1) is 22.1 Å². The van der Waals surface area contributed by atoms with E-state index in [-0.39, 0.29) is 0 Å². The predicted octanol–water partition coefficient (Wildman–Crippen LogP) is 3.05. The average Bonchev–Trinajstić information content (AvgIpc) is 3.24. The zero-order chi connectivity index (χ0) is 14.5. The molecule has 0 saturated carbocycles. The largest absolute Gasteiger partial charge is 0.342 e. The van der Waals surface area contributed by atoms with Crippen molar-refractivity contribution in [3.05, 3.63) is 49.1 Å². The van der Waals surface area contributed by atoms with E-state index in [9.17, 15) is 0 Å². The van der Waals surface area contributed by atoms with E-state index in [0.717, 1.165) is 32.8 Å². The lowest BCUT2D eigenvalue weighted by atomic mass is 10.1. The third-order valence-corrected chi connectivity index (χ3v) is 3.79. The van der Waals surface area contributed by atoms with E-state index in [0.29, 0.717) is 11.6 Å². The number of rotatable bonds is 1. The van der Waals surface area contributed by atoms with Crippen LogP contribution in [0.25, 0.3) is 44.5 Å². The zero-order valence-corrected chi connectivity index (χ0v) is 11.4. The number of aromatic nitrogens is 6. The van der Waals surface area contributed by atoms with Gasteiger partial charge in [0.15, 0.2) is 11.6 Å². The average molecular weight is 286 g/mol. The molecule has 1 aromatic carbocycles. The molecule has 0 unspecified atom stereocenters. The summed E-state index contributed by atoms with van der Waals surface area (Å²) < 4.78 is 0. The van der Waals surface area contributed by atoms with Gasteiger partial charge in [0.2, 0.25) is 0 Å². The summed E-state index contributed by atoms with van der Waals surface area (Å²) in [5, 5.41) is 1.99. The minimum atomic E-state index is 0.710. The van der Waals surface area contributed by atoms with Crippen molar-refractivity contribution in [2.45, 2.75) is 0 Å². The summed E-state index contributed by atoms with van der Waals surface area (Å²) in [6.45, 7) is 0. The summed E-state index contributed by atoms with van der Waals surface area (Å²) >= 11 is 0. The second-order valence-corrected chi connectivity index (χ2v) is 5.05. The lowest BCUT2D eigenvalue weighted by molar-refractivity contribution is 1.21. The number of nitrogens with zero attached hydrogens (tertiary/aromatic N) is 4. The molecule has 4 heterocycles. The smallest absolute Gasteiger partial charge is 0.174 e. The van der Waals surface area contributed by atoms with Crippen molar-refractivity contribution in [3.63, 3.8) is 0 Å². The summed E-state index contributed by atoms with van der Waals surface area (Å²) in [6, 6.07) is 7.89. The topological polar surface area (TPSA) is 83.1 Å². The molecule has 0 radical (unpaired) electrons. The van der Waals surface area contributed by atoms with E-state index >= 15 is 0 Å². The first kappa shape index (κ1) is 11.4. The molecule has 0 amide bonds. The molecular formula is C16H10N6. The number of fused-ring (bicyclic) bond motifs is 6. The summed E-state index contributed by atoms with van der Waals surface area (Å²) in [5.41, 5.74) is 3.58. The summed E-state index contributed by atoms with van der Waals surface area (Å²) in [5.74, 6) is 1.42. The first-order valence-corrected chi connectivity index (χ1v) is 6.93. The molecule has 0 aliphatic carbocycles. The number of H-pyrrole nitrogens is 2. The van der Waals surface area contributed by atoms with E-state index in [1.165, 1.54) is 0 Å². The van der Waals surface area contributed by atoms with Crippen molar-refractivity contribution in [2.24, 2.45) is 0 Å². The van der Waals surface area contributed by atoms with Gasteiger partial charge in [-0.3, -0.25) is 9.97 Å². The minimum Gasteiger partial charge on any atom is -0.342 e. The summed E-state index contributed by atoms with van der Waals surface area (Å²) in [7, 11) is 0. The van der Waals surface area contributed by atoms with Crippen molar-refractivity contribution < 1.29 is 0 Å². The Bertz CT molecular complexity index is 1050. The van der Waals surface area contributed by atoms with Gasteiger partial charge in [-0.05, 0) is 24.3 Å². The van der Waals surface area contributed by atoms with Crippen molar-refractivity contribution in [1.29, 1.82) is 0 Å². The van der Waals surface area contributed by atoms with Gasteiger partial charge in [-0.1, -0.05) is 0 Å². The molecule has 5 rings (SSSR count). The van der Waals surface area contributed by atoms with Crippen LogP contribution in [0.5, 0.6) is 0 Å². The highest BCUT2D eigenvalue weighted by molar-refractivity contribution is 6.20. The Morgan fingerprint density at radius 1 is 0.727 bits per heavy atom. The predicted molar refractivity (Wildman–Crippen MR) is 84.3 cm³/mol. The van der Waals surface area contributed by atoms with Crippen molar-refractivity contribution in [2.75, 3.05) is 0 Å². The van der Waals surface area contributed by atoms with Crippen molar-refractivity contribution in [1.82, 2.24) is 29.9 Å². The second-order valence-electron chi connectivity index (χ2n) is 5.05. The maximum atomic E-state index is 4.72. The van der Waals surface area contributed by atoms with E-state index in [4.69, 9.17) is 4.98 Å². The quantitative estimate of drug-likeness (QED) is 0.464. The standard InChI is InChI=1S/C16H10N6/c1-3-9-11(17-5-1)12-10(4-2-6-18-12)14-13(9)21-16(22-14)15-19-7-8-20-15/h1-8H,(H,19,20)(H,21,22). The van der Waals surface area contributed by atoms with Crippen LogP contribution in [-0.4, -0.2) is 29.9 Å². The van der Waals surface area contributed by atoms with Gasteiger partial charge in [0, 0.05) is 35.6 Å². The minimum absolute atomic E-state index is 0.710. The molecule has 0 bridgehead atoms. The van der Waals surface area contributed by atoms with Gasteiger partial charge in [-0.2, -0.15) is 0 Å². The van der Waals surface area contributed by atoms with Crippen LogP contribution < -0.4 is 0 Å². The second kappa shape index (κ2) is 4.11. The molecule has 4 aromatic heterocycles. The fraction of sp³-hybridized carbons (Fsp3) is 0. The number of hydrogen-bond acceptors (Lipinski definition) is 4. The molecule has 6 heteroatoms. The maximum absolute atomic E-state index is 4.72. The van der Waals surface area contributed by atoms with Gasteiger partial charge >= 0.3 is 0 Å². The first-order chi connectivity index (χ1) is 10.9. The van der Waals surface area contributed by atoms with Crippen LogP contribution in [0.2, 0.25) is 0 Å². The fourth-order valence-electron chi connectivity index (χ4n) is 2.85. The van der Waals surface area contributed by atoms with Crippen LogP contribution >= 0.6 is 0 Å². The maximum Gasteiger partial charge on any atom is 0.174 e. The van der Waals surface area contributed by atoms with Crippen LogP contribution in [0.4, 0.5) is 0 Å². The molecule has 0 atom stereocenters. The number of nitrogens with one attached hydrogen (secondary N) is 2. The monoisotopic (exact) mass is 286 g/mol. The number of benzene rings is 1. The summed E-state index contributed by atoms with van der Waals surface area (Å²) in [4.78, 5) is 24.4. The molecule has 0 fully saturated rings. The van der Waals surface area contributed by atoms with Crippen LogP contribution in [-0.2, 0) is 0 Å². The van der Waals surface area contributed by atoms with Crippen molar-refractivity contribution in [3.8, 4) is 11.6 Å². The van der Waals surface area contributed by atoms with E-state index < -0.39 is 0 Å². The Morgan fingerprint density at radius 3 is 2.27 bits per heavy atom. The molecule has 0 spiro atoms. The molecule has 0 aliphatic rings. The van der Waals surface area contributed by atoms with E-state index in [1.807, 2.05) is 24.3 Å². The van der Waals surface area contributed by atoms with Gasteiger partial charge in [-0.25, -0.2) is 9.97 Å². The Hall–Kier alpha value is -3.28. The lowest BCUT2D eigenvalue weighted by Gasteiger charge is -2.03. The van der Waals surface area contributed by atoms with Crippen LogP contribution in [0.15, 0.2) is 49.1 Å². The van der Waals surface area contributed by atoms with Crippen LogP contribution in [0, 0.1) is 0 Å². The fourth-order valence-corrected chi connectivity index (χ4v) is 2.85. The Balaban J connectivity index is 2.03. The van der Waals surface area contributed by atoms with Gasteiger partial charge in [0.1, 0.15) is 0 Å². The molecule has 104 valence electrons. The number of hydrogen-bond donors (Lipinski definition) is 2. The molecule has 6 nitrogen and oxygen atoms in total. The van der Waals surface area contributed by atoms with Crippen molar-refractivity contribution >= 4 is 32.8 Å². The van der Waals surface area contributed by atoms with Crippen LogP contribution in [0.1, 0.15) is 0 Å². The molecule has 5 aromatic rings. The lowest BCUT2D eigenvalue weighted by Crippen LogP contribution is -1.86. The van der Waals surface area contributed by atoms with Gasteiger partial charge in [0.25, 0.3) is 0 Å². The highest BCUT2D eigenvalue weighted by Crippen LogP contribution is 2.32. The van der Waals surface area contributed by atoms with Crippen LogP contribution in [0.3, 0.4) is 0 Å². The molecule has 0 saturated heterocycles. The summed E-state index contributed by atoms with van der Waals surface area (Å²) in [6.07, 6.45) is 7.05. The number of imidazole rings is 2. The number of aromatic amines is 2. The molecule has 2 N–H and O–H groups in total. The Labute approximate surface area is 124 Å². The van der Waals surface area contributed by atoms with Gasteiger partial charge < -0.3 is 9.97 Å². The van der Waals surface area contributed by atoms with E-state index in [2.05, 4.69) is 24.9 Å². The zero-order valence-electron chi connectivity index (χ0n) is 11.4. The highest BCUT2D eigenvalue weighted by Gasteiger charge is 2.15.